The number of nitrogens with two attached hydrogens (primary N) is 1. The molecule has 1 heterocycles. The molecular weight excluding hydrogens is 116 g/mol. The van der Waals surface area contributed by atoms with Gasteiger partial charge in [0.05, 0.1) is 0 Å². The Labute approximate surface area is 55.2 Å². The van der Waals surface area contributed by atoms with E-state index in [1.165, 1.54) is 0 Å². The number of aliphatic hydroxyl groups excluding tert-OH is 1. The van der Waals surface area contributed by atoms with Gasteiger partial charge in [-0.05, 0) is 19.4 Å². The molecule has 2 atom stereocenters. The molecule has 0 saturated carbocycles. The summed E-state index contributed by atoms with van der Waals surface area (Å²) in [6, 6.07) is -0.0625. The molecule has 0 aliphatic carbocycles. The van der Waals surface area contributed by atoms with Crippen molar-refractivity contribution in [2.24, 2.45) is 5.73 Å². The monoisotopic (exact) mass is 130 g/mol. The molecular formula is C6H14N2O. The van der Waals surface area contributed by atoms with Gasteiger partial charge in [0.2, 0.25) is 0 Å². The minimum absolute atomic E-state index is 0.0625. The molecule has 3 heteroatoms. The average Bonchev–Trinajstić information content (AvgIpc) is 1.99. The van der Waals surface area contributed by atoms with Crippen LogP contribution in [0.1, 0.15) is 19.3 Å². The molecule has 0 aromatic carbocycles. The predicted octanol–water partition coefficient (Wildman–Crippen LogP) is -0.594. The maximum atomic E-state index is 9.12. The lowest BCUT2D eigenvalue weighted by atomic mass is 10.1. The largest absolute Gasteiger partial charge is 0.377 e. The highest BCUT2D eigenvalue weighted by molar-refractivity contribution is 4.73. The lowest BCUT2D eigenvalue weighted by Crippen LogP contribution is -2.43. The maximum absolute atomic E-state index is 9.12. The third kappa shape index (κ3) is 1.93. The van der Waals surface area contributed by atoms with E-state index in [4.69, 9.17) is 10.8 Å². The van der Waals surface area contributed by atoms with Crippen LogP contribution in [-0.2, 0) is 0 Å². The van der Waals surface area contributed by atoms with Crippen molar-refractivity contribution in [1.29, 1.82) is 0 Å². The molecule has 1 rings (SSSR count). The molecule has 0 amide bonds. The fraction of sp³-hybridized carbons (Fsp3) is 1.00. The molecule has 9 heavy (non-hydrogen) atoms. The van der Waals surface area contributed by atoms with Crippen molar-refractivity contribution in [3.05, 3.63) is 0 Å². The van der Waals surface area contributed by atoms with E-state index >= 15 is 0 Å². The summed E-state index contributed by atoms with van der Waals surface area (Å²) in [6.07, 6.45) is 2.72. The minimum atomic E-state index is -0.479. The SMILES string of the molecule is NC1CCCCN[C@@H]1O. The Morgan fingerprint density at radius 3 is 3.00 bits per heavy atom. The first-order valence-electron chi connectivity index (χ1n) is 3.48. The Hall–Kier alpha value is -0.120. The summed E-state index contributed by atoms with van der Waals surface area (Å²) in [6.45, 7) is 0.898. The molecule has 0 aromatic heterocycles. The average molecular weight is 130 g/mol. The van der Waals surface area contributed by atoms with Crippen molar-refractivity contribution in [2.45, 2.75) is 31.5 Å². The van der Waals surface area contributed by atoms with Gasteiger partial charge in [-0.1, -0.05) is 6.42 Å². The first kappa shape index (κ1) is 6.99. The number of hydrogen-bond acceptors (Lipinski definition) is 3. The molecule has 1 unspecified atom stereocenters. The molecule has 3 nitrogen and oxygen atoms in total. The van der Waals surface area contributed by atoms with Crippen molar-refractivity contribution in [1.82, 2.24) is 5.32 Å². The van der Waals surface area contributed by atoms with Gasteiger partial charge in [0.15, 0.2) is 0 Å². The molecule has 54 valence electrons. The standard InChI is InChI=1S/C6H14N2O/c7-5-3-1-2-4-8-6(5)9/h5-6,8-9H,1-4,7H2/t5?,6-/m1/s1. The van der Waals surface area contributed by atoms with Gasteiger partial charge in [-0.15, -0.1) is 0 Å². The zero-order chi connectivity index (χ0) is 6.69. The Morgan fingerprint density at radius 2 is 2.22 bits per heavy atom. The predicted molar refractivity (Wildman–Crippen MR) is 35.8 cm³/mol. The smallest absolute Gasteiger partial charge is 0.120 e. The van der Waals surface area contributed by atoms with E-state index in [0.29, 0.717) is 0 Å². The van der Waals surface area contributed by atoms with Crippen LogP contribution in [0.2, 0.25) is 0 Å². The van der Waals surface area contributed by atoms with Gasteiger partial charge in [0.25, 0.3) is 0 Å². The van der Waals surface area contributed by atoms with Crippen molar-refractivity contribution in [2.75, 3.05) is 6.54 Å². The second-order valence-electron chi connectivity index (χ2n) is 2.56. The molecule has 0 spiro atoms. The Morgan fingerprint density at radius 1 is 1.44 bits per heavy atom. The van der Waals surface area contributed by atoms with Gasteiger partial charge in [0.1, 0.15) is 6.23 Å². The topological polar surface area (TPSA) is 58.3 Å². The van der Waals surface area contributed by atoms with Gasteiger partial charge < -0.3 is 10.8 Å². The molecule has 0 radical (unpaired) electrons. The number of aliphatic hydroxyl groups is 1. The third-order valence-electron chi connectivity index (χ3n) is 1.72. The first-order valence-corrected chi connectivity index (χ1v) is 3.48. The van der Waals surface area contributed by atoms with Gasteiger partial charge in [-0.25, -0.2) is 0 Å². The van der Waals surface area contributed by atoms with Crippen LogP contribution in [0.5, 0.6) is 0 Å². The number of hydrogen-bond donors (Lipinski definition) is 3. The first-order chi connectivity index (χ1) is 4.30. The van der Waals surface area contributed by atoms with Crippen LogP contribution in [0.3, 0.4) is 0 Å². The lowest BCUT2D eigenvalue weighted by molar-refractivity contribution is 0.114. The van der Waals surface area contributed by atoms with Crippen molar-refractivity contribution in [3.8, 4) is 0 Å². The maximum Gasteiger partial charge on any atom is 0.120 e. The summed E-state index contributed by atoms with van der Waals surface area (Å²) in [4.78, 5) is 0. The van der Waals surface area contributed by atoms with Crippen LogP contribution in [0.25, 0.3) is 0 Å². The third-order valence-corrected chi connectivity index (χ3v) is 1.72. The summed E-state index contributed by atoms with van der Waals surface area (Å²) in [5, 5.41) is 12.0. The zero-order valence-corrected chi connectivity index (χ0v) is 5.51. The quantitative estimate of drug-likeness (QED) is 0.410. The van der Waals surface area contributed by atoms with E-state index in [9.17, 15) is 0 Å². The van der Waals surface area contributed by atoms with Crippen LogP contribution in [0, 0.1) is 0 Å². The Bertz CT molecular complexity index is 77.1. The number of rotatable bonds is 0. The van der Waals surface area contributed by atoms with E-state index in [1.807, 2.05) is 0 Å². The second kappa shape index (κ2) is 3.15. The van der Waals surface area contributed by atoms with Crippen molar-refractivity contribution >= 4 is 0 Å². The van der Waals surface area contributed by atoms with E-state index in [1.54, 1.807) is 0 Å². The molecule has 4 N–H and O–H groups in total. The van der Waals surface area contributed by atoms with Gasteiger partial charge in [0, 0.05) is 6.04 Å². The normalized spacial score (nSPS) is 38.0. The fourth-order valence-corrected chi connectivity index (χ4v) is 1.06. The van der Waals surface area contributed by atoms with Gasteiger partial charge >= 0.3 is 0 Å². The van der Waals surface area contributed by atoms with E-state index < -0.39 is 6.23 Å². The highest BCUT2D eigenvalue weighted by Crippen LogP contribution is 2.04. The van der Waals surface area contributed by atoms with E-state index in [2.05, 4.69) is 5.32 Å². The number of nitrogens with one attached hydrogen (secondary N) is 1. The minimum Gasteiger partial charge on any atom is -0.377 e. The summed E-state index contributed by atoms with van der Waals surface area (Å²) in [5.41, 5.74) is 5.57. The Kier molecular flexibility index (Phi) is 2.45. The van der Waals surface area contributed by atoms with E-state index in [-0.39, 0.29) is 6.04 Å². The van der Waals surface area contributed by atoms with Crippen LogP contribution in [-0.4, -0.2) is 23.9 Å². The van der Waals surface area contributed by atoms with Crippen molar-refractivity contribution in [3.63, 3.8) is 0 Å². The van der Waals surface area contributed by atoms with Gasteiger partial charge in [-0.2, -0.15) is 0 Å². The highest BCUT2D eigenvalue weighted by atomic mass is 16.3. The molecule has 1 aliphatic rings. The molecule has 1 saturated heterocycles. The highest BCUT2D eigenvalue weighted by Gasteiger charge is 2.15. The second-order valence-corrected chi connectivity index (χ2v) is 2.56. The summed E-state index contributed by atoms with van der Waals surface area (Å²) in [7, 11) is 0. The van der Waals surface area contributed by atoms with Crippen molar-refractivity contribution < 1.29 is 5.11 Å². The van der Waals surface area contributed by atoms with Gasteiger partial charge in [-0.3, -0.25) is 5.32 Å². The fourth-order valence-electron chi connectivity index (χ4n) is 1.06. The molecule has 0 bridgehead atoms. The Balaban J connectivity index is 2.32. The van der Waals surface area contributed by atoms with Crippen LogP contribution < -0.4 is 11.1 Å². The summed E-state index contributed by atoms with van der Waals surface area (Å²) >= 11 is 0. The molecule has 1 fully saturated rings. The van der Waals surface area contributed by atoms with Crippen LogP contribution in [0.15, 0.2) is 0 Å². The summed E-state index contributed by atoms with van der Waals surface area (Å²) < 4.78 is 0. The van der Waals surface area contributed by atoms with E-state index in [0.717, 1.165) is 25.8 Å². The summed E-state index contributed by atoms with van der Waals surface area (Å²) in [5.74, 6) is 0. The lowest BCUT2D eigenvalue weighted by Gasteiger charge is -2.14. The molecule has 0 aromatic rings. The molecule has 1 aliphatic heterocycles. The zero-order valence-electron chi connectivity index (χ0n) is 5.51. The van der Waals surface area contributed by atoms with Crippen LogP contribution in [0.4, 0.5) is 0 Å². The van der Waals surface area contributed by atoms with Crippen LogP contribution >= 0.6 is 0 Å².